The summed E-state index contributed by atoms with van der Waals surface area (Å²) in [5, 5.41) is 14.1. The number of amides is 1. The van der Waals surface area contributed by atoms with Gasteiger partial charge >= 0.3 is 11.7 Å². The van der Waals surface area contributed by atoms with Gasteiger partial charge in [0, 0.05) is 11.1 Å². The zero-order chi connectivity index (χ0) is 20.0. The topological polar surface area (TPSA) is 117 Å². The van der Waals surface area contributed by atoms with Crippen molar-refractivity contribution in [1.82, 2.24) is 0 Å². The number of nitrogens with zero attached hydrogens (tertiary/aromatic N) is 1. The minimum absolute atomic E-state index is 0.00957. The lowest BCUT2D eigenvalue weighted by atomic mass is 10.2. The van der Waals surface area contributed by atoms with E-state index in [9.17, 15) is 19.7 Å². The Labute approximate surface area is 158 Å². The summed E-state index contributed by atoms with van der Waals surface area (Å²) in [7, 11) is 2.59. The van der Waals surface area contributed by atoms with E-state index < -0.39 is 29.1 Å². The van der Waals surface area contributed by atoms with Crippen LogP contribution in [-0.4, -0.2) is 37.6 Å². The molecule has 142 valence electrons. The Morgan fingerprint density at radius 3 is 2.48 bits per heavy atom. The highest BCUT2D eigenvalue weighted by atomic mass is 35.5. The number of nitro groups is 1. The predicted octanol–water partition coefficient (Wildman–Crippen LogP) is 3.06. The van der Waals surface area contributed by atoms with Crippen molar-refractivity contribution in [2.24, 2.45) is 0 Å². The maximum Gasteiger partial charge on any atom is 0.338 e. The number of hydrogen-bond donors (Lipinski definition) is 1. The third kappa shape index (κ3) is 5.08. The molecule has 9 nitrogen and oxygen atoms in total. The monoisotopic (exact) mass is 394 g/mol. The lowest BCUT2D eigenvalue weighted by Crippen LogP contribution is -2.21. The molecule has 0 saturated carbocycles. The average molecular weight is 395 g/mol. The van der Waals surface area contributed by atoms with E-state index in [1.807, 2.05) is 0 Å². The summed E-state index contributed by atoms with van der Waals surface area (Å²) in [5.74, 6) is -1.08. The normalized spacial score (nSPS) is 10.0. The van der Waals surface area contributed by atoms with Crippen molar-refractivity contribution < 1.29 is 28.7 Å². The molecule has 2 aromatic carbocycles. The van der Waals surface area contributed by atoms with E-state index in [0.29, 0.717) is 16.5 Å². The van der Waals surface area contributed by atoms with E-state index in [2.05, 4.69) is 10.1 Å². The van der Waals surface area contributed by atoms with Crippen molar-refractivity contribution in [3.05, 3.63) is 57.1 Å². The van der Waals surface area contributed by atoms with Gasteiger partial charge in [0.05, 0.1) is 30.4 Å². The molecule has 0 unspecified atom stereocenters. The number of nitro benzene ring substituents is 1. The van der Waals surface area contributed by atoms with E-state index >= 15 is 0 Å². The highest BCUT2D eigenvalue weighted by molar-refractivity contribution is 6.31. The molecular weight excluding hydrogens is 380 g/mol. The van der Waals surface area contributed by atoms with Crippen molar-refractivity contribution in [1.29, 1.82) is 0 Å². The van der Waals surface area contributed by atoms with Crippen LogP contribution in [0.2, 0.25) is 5.02 Å². The number of rotatable bonds is 7. The molecule has 2 rings (SSSR count). The molecule has 0 aliphatic heterocycles. The van der Waals surface area contributed by atoms with E-state index in [0.717, 1.165) is 13.2 Å². The molecule has 0 radical (unpaired) electrons. The number of nitrogens with one attached hydrogen (secondary N) is 1. The molecule has 2 aromatic rings. The third-order valence-electron chi connectivity index (χ3n) is 3.37. The largest absolute Gasteiger partial charge is 0.495 e. The molecular formula is C17H15ClN2O7. The number of anilines is 1. The van der Waals surface area contributed by atoms with Crippen LogP contribution in [0.4, 0.5) is 11.4 Å². The van der Waals surface area contributed by atoms with E-state index in [1.165, 1.54) is 25.3 Å². The molecule has 1 amide bonds. The summed E-state index contributed by atoms with van der Waals surface area (Å²) in [6.07, 6.45) is 0. The fourth-order valence-electron chi connectivity index (χ4n) is 2.13. The van der Waals surface area contributed by atoms with E-state index in [4.69, 9.17) is 21.1 Å². The van der Waals surface area contributed by atoms with Crippen LogP contribution >= 0.6 is 11.6 Å². The van der Waals surface area contributed by atoms with Crippen LogP contribution < -0.4 is 14.8 Å². The Hall–Kier alpha value is -3.33. The summed E-state index contributed by atoms with van der Waals surface area (Å²) in [4.78, 5) is 34.0. The Balaban J connectivity index is 2.12. The zero-order valence-electron chi connectivity index (χ0n) is 14.4. The first-order valence-corrected chi connectivity index (χ1v) is 7.86. The third-order valence-corrected chi connectivity index (χ3v) is 3.61. The molecule has 0 aliphatic rings. The average Bonchev–Trinajstić information content (AvgIpc) is 2.65. The van der Waals surface area contributed by atoms with E-state index in [1.54, 1.807) is 12.1 Å². The molecule has 10 heteroatoms. The van der Waals surface area contributed by atoms with Gasteiger partial charge in [0.15, 0.2) is 12.4 Å². The van der Waals surface area contributed by atoms with Gasteiger partial charge in [-0.1, -0.05) is 11.6 Å². The highest BCUT2D eigenvalue weighted by Gasteiger charge is 2.20. The smallest absolute Gasteiger partial charge is 0.338 e. The summed E-state index contributed by atoms with van der Waals surface area (Å²) >= 11 is 5.89. The fraction of sp³-hybridized carbons (Fsp3) is 0.176. The van der Waals surface area contributed by atoms with Gasteiger partial charge in [-0.3, -0.25) is 14.9 Å². The van der Waals surface area contributed by atoms with Crippen molar-refractivity contribution >= 4 is 34.9 Å². The van der Waals surface area contributed by atoms with Gasteiger partial charge in [-0.2, -0.15) is 0 Å². The van der Waals surface area contributed by atoms with Gasteiger partial charge < -0.3 is 19.5 Å². The summed E-state index contributed by atoms with van der Waals surface area (Å²) in [5.41, 5.74) is -0.148. The number of esters is 1. The molecule has 0 spiro atoms. The van der Waals surface area contributed by atoms with Crippen LogP contribution in [0.25, 0.3) is 0 Å². The SMILES string of the molecule is COC(=O)c1ccc(OCC(=O)Nc2cc(Cl)ccc2OC)c([N+](=O)[O-])c1. The van der Waals surface area contributed by atoms with Crippen LogP contribution in [0.3, 0.4) is 0 Å². The van der Waals surface area contributed by atoms with Gasteiger partial charge in [0.1, 0.15) is 5.75 Å². The standard InChI is InChI=1S/C17H15ClN2O7/c1-25-14-6-4-11(18)8-12(14)19-16(21)9-27-15-5-3-10(17(22)26-2)7-13(15)20(23)24/h3-8H,9H2,1-2H3,(H,19,21). The first-order valence-electron chi connectivity index (χ1n) is 7.48. The Morgan fingerprint density at radius 2 is 1.85 bits per heavy atom. The molecule has 0 fully saturated rings. The summed E-state index contributed by atoms with van der Waals surface area (Å²) < 4.78 is 14.9. The minimum Gasteiger partial charge on any atom is -0.495 e. The molecule has 0 heterocycles. The summed E-state index contributed by atoms with van der Waals surface area (Å²) in [6, 6.07) is 8.20. The van der Waals surface area contributed by atoms with Gasteiger partial charge in [0.25, 0.3) is 5.91 Å². The van der Waals surface area contributed by atoms with Crippen LogP contribution in [0.5, 0.6) is 11.5 Å². The number of methoxy groups -OCH3 is 2. The molecule has 0 aliphatic carbocycles. The van der Waals surface area contributed by atoms with Crippen molar-refractivity contribution in [3.8, 4) is 11.5 Å². The van der Waals surface area contributed by atoms with Gasteiger partial charge in [-0.15, -0.1) is 0 Å². The zero-order valence-corrected chi connectivity index (χ0v) is 15.1. The number of hydrogen-bond acceptors (Lipinski definition) is 7. The van der Waals surface area contributed by atoms with Crippen molar-refractivity contribution in [3.63, 3.8) is 0 Å². The number of halogens is 1. The first kappa shape index (κ1) is 20.0. The second-order valence-electron chi connectivity index (χ2n) is 5.11. The maximum atomic E-state index is 12.1. The Kier molecular flexibility index (Phi) is 6.56. The van der Waals surface area contributed by atoms with Crippen LogP contribution in [0, 0.1) is 10.1 Å². The van der Waals surface area contributed by atoms with Gasteiger partial charge in [-0.25, -0.2) is 4.79 Å². The van der Waals surface area contributed by atoms with Crippen molar-refractivity contribution in [2.75, 3.05) is 26.1 Å². The maximum absolute atomic E-state index is 12.1. The number of ether oxygens (including phenoxy) is 3. The van der Waals surface area contributed by atoms with Gasteiger partial charge in [0.2, 0.25) is 0 Å². The van der Waals surface area contributed by atoms with Crippen LogP contribution in [0.1, 0.15) is 10.4 Å². The molecule has 0 bridgehead atoms. The Bertz CT molecular complexity index is 886. The number of carbonyl (C=O) groups excluding carboxylic acids is 2. The summed E-state index contributed by atoms with van der Waals surface area (Å²) in [6.45, 7) is -0.506. The van der Waals surface area contributed by atoms with Gasteiger partial charge in [-0.05, 0) is 30.3 Å². The Morgan fingerprint density at radius 1 is 1.15 bits per heavy atom. The molecule has 0 atom stereocenters. The van der Waals surface area contributed by atoms with Crippen LogP contribution in [-0.2, 0) is 9.53 Å². The number of benzene rings is 2. The number of carbonyl (C=O) groups is 2. The molecule has 27 heavy (non-hydrogen) atoms. The fourth-order valence-corrected chi connectivity index (χ4v) is 2.31. The minimum atomic E-state index is -0.726. The highest BCUT2D eigenvalue weighted by Crippen LogP contribution is 2.29. The molecule has 1 N–H and O–H groups in total. The quantitative estimate of drug-likeness (QED) is 0.435. The predicted molar refractivity (Wildman–Crippen MR) is 96.6 cm³/mol. The lowest BCUT2D eigenvalue weighted by molar-refractivity contribution is -0.385. The second kappa shape index (κ2) is 8.86. The van der Waals surface area contributed by atoms with E-state index in [-0.39, 0.29) is 11.3 Å². The van der Waals surface area contributed by atoms with Crippen molar-refractivity contribution in [2.45, 2.75) is 0 Å². The molecule has 0 aromatic heterocycles. The lowest BCUT2D eigenvalue weighted by Gasteiger charge is -2.11. The first-order chi connectivity index (χ1) is 12.8. The van der Waals surface area contributed by atoms with Crippen LogP contribution in [0.15, 0.2) is 36.4 Å². The molecule has 0 saturated heterocycles. The second-order valence-corrected chi connectivity index (χ2v) is 5.55.